The molecule has 1 saturated heterocycles. The number of carboxylic acids is 1. The van der Waals surface area contributed by atoms with Crippen molar-refractivity contribution in [2.45, 2.75) is 12.5 Å². The topological polar surface area (TPSA) is 59.0 Å². The van der Waals surface area contributed by atoms with E-state index in [-0.39, 0.29) is 5.92 Å². The molecule has 0 amide bonds. The normalized spacial score (nSPS) is 20.4. The van der Waals surface area contributed by atoms with Crippen LogP contribution in [-0.2, 0) is 11.3 Å². The molecule has 3 rings (SSSR count). The van der Waals surface area contributed by atoms with Crippen LogP contribution in [0.25, 0.3) is 0 Å². The number of hydrogen-bond donors (Lipinski definition) is 1. The Kier molecular flexibility index (Phi) is 5.24. The number of carbonyl (C=O) groups is 1. The second kappa shape index (κ2) is 7.57. The molecular weight excluding hydrogens is 318 g/mol. The minimum absolute atomic E-state index is 0.174. The number of rotatable bonds is 6. The van der Waals surface area contributed by atoms with Crippen LogP contribution in [0.15, 0.2) is 48.5 Å². The van der Waals surface area contributed by atoms with Crippen LogP contribution in [0.1, 0.15) is 17.0 Å². The van der Waals surface area contributed by atoms with Gasteiger partial charge in [-0.3, -0.25) is 9.69 Å². The van der Waals surface area contributed by atoms with Gasteiger partial charge in [0.2, 0.25) is 0 Å². The van der Waals surface area contributed by atoms with Crippen LogP contribution >= 0.6 is 0 Å². The number of ether oxygens (including phenoxy) is 2. The van der Waals surface area contributed by atoms with Gasteiger partial charge in [0.05, 0.1) is 20.1 Å². The molecule has 2 aromatic carbocycles. The number of hydrogen-bond acceptors (Lipinski definition) is 4. The third kappa shape index (κ3) is 3.61. The highest BCUT2D eigenvalue weighted by atomic mass is 16.5. The van der Waals surface area contributed by atoms with Crippen molar-refractivity contribution in [3.8, 4) is 11.5 Å². The van der Waals surface area contributed by atoms with Crippen LogP contribution in [0.2, 0.25) is 0 Å². The fourth-order valence-corrected chi connectivity index (χ4v) is 3.64. The van der Waals surface area contributed by atoms with Crippen LogP contribution in [-0.4, -0.2) is 43.3 Å². The molecule has 0 bridgehead atoms. The van der Waals surface area contributed by atoms with E-state index in [1.165, 1.54) is 5.56 Å². The Morgan fingerprint density at radius 1 is 1.04 bits per heavy atom. The molecule has 5 heteroatoms. The zero-order chi connectivity index (χ0) is 17.8. The number of likely N-dealkylation sites (tertiary alicyclic amines) is 1. The van der Waals surface area contributed by atoms with Gasteiger partial charge in [-0.25, -0.2) is 0 Å². The Morgan fingerprint density at radius 3 is 2.24 bits per heavy atom. The van der Waals surface area contributed by atoms with E-state index in [4.69, 9.17) is 9.47 Å². The molecule has 2 atom stereocenters. The van der Waals surface area contributed by atoms with Gasteiger partial charge in [0, 0.05) is 31.1 Å². The quantitative estimate of drug-likeness (QED) is 0.875. The Labute approximate surface area is 147 Å². The minimum Gasteiger partial charge on any atom is -0.496 e. The molecule has 0 aromatic heterocycles. The highest BCUT2D eigenvalue weighted by molar-refractivity contribution is 5.73. The molecule has 25 heavy (non-hydrogen) atoms. The van der Waals surface area contributed by atoms with Gasteiger partial charge >= 0.3 is 5.97 Å². The lowest BCUT2D eigenvalue weighted by Crippen LogP contribution is -2.23. The van der Waals surface area contributed by atoms with E-state index in [1.807, 2.05) is 36.4 Å². The molecule has 1 aliphatic heterocycles. The fraction of sp³-hybridized carbons (Fsp3) is 0.350. The summed E-state index contributed by atoms with van der Waals surface area (Å²) in [6.07, 6.45) is 0. The Hall–Kier alpha value is -2.53. The Morgan fingerprint density at radius 2 is 1.68 bits per heavy atom. The number of benzene rings is 2. The Balaban J connectivity index is 1.91. The summed E-state index contributed by atoms with van der Waals surface area (Å²) in [5.74, 6) is -0.0935. The van der Waals surface area contributed by atoms with Crippen molar-refractivity contribution in [1.29, 1.82) is 0 Å². The fourth-order valence-electron chi connectivity index (χ4n) is 3.64. The first kappa shape index (κ1) is 17.3. The minimum atomic E-state index is -0.784. The maximum Gasteiger partial charge on any atom is 0.308 e. The number of aliphatic carboxylic acids is 1. The summed E-state index contributed by atoms with van der Waals surface area (Å²) in [6, 6.07) is 15.7. The van der Waals surface area contributed by atoms with Crippen LogP contribution in [0.4, 0.5) is 0 Å². The first-order valence-electron chi connectivity index (χ1n) is 8.34. The van der Waals surface area contributed by atoms with Crippen molar-refractivity contribution in [2.24, 2.45) is 5.92 Å². The first-order valence-corrected chi connectivity index (χ1v) is 8.34. The van der Waals surface area contributed by atoms with Crippen LogP contribution < -0.4 is 9.47 Å². The predicted molar refractivity (Wildman–Crippen MR) is 95.1 cm³/mol. The molecule has 0 spiro atoms. The summed E-state index contributed by atoms with van der Waals surface area (Å²) in [6.45, 7) is 1.90. The van der Waals surface area contributed by atoms with Gasteiger partial charge in [0.15, 0.2) is 0 Å². The summed E-state index contributed by atoms with van der Waals surface area (Å²) >= 11 is 0. The number of carboxylic acid groups (broad SMARTS) is 1. The second-order valence-electron chi connectivity index (χ2n) is 6.31. The zero-order valence-corrected chi connectivity index (χ0v) is 14.5. The molecule has 0 unspecified atom stereocenters. The summed E-state index contributed by atoms with van der Waals surface area (Å²) in [5, 5.41) is 9.75. The molecule has 1 aliphatic rings. The van der Waals surface area contributed by atoms with E-state index < -0.39 is 11.9 Å². The second-order valence-corrected chi connectivity index (χ2v) is 6.31. The lowest BCUT2D eigenvalue weighted by atomic mass is 9.87. The molecule has 0 aliphatic carbocycles. The summed E-state index contributed by atoms with van der Waals surface area (Å²) < 4.78 is 11.0. The smallest absolute Gasteiger partial charge is 0.308 e. The van der Waals surface area contributed by atoms with Gasteiger partial charge in [-0.2, -0.15) is 0 Å². The highest BCUT2D eigenvalue weighted by Gasteiger charge is 2.41. The van der Waals surface area contributed by atoms with Crippen LogP contribution in [0, 0.1) is 5.92 Å². The Bertz CT molecular complexity index is 709. The van der Waals surface area contributed by atoms with E-state index in [1.54, 1.807) is 14.2 Å². The monoisotopic (exact) mass is 341 g/mol. The maximum absolute atomic E-state index is 11.9. The molecule has 2 aromatic rings. The van der Waals surface area contributed by atoms with Crippen molar-refractivity contribution < 1.29 is 19.4 Å². The molecule has 1 fully saturated rings. The van der Waals surface area contributed by atoms with Gasteiger partial charge in [-0.1, -0.05) is 36.4 Å². The van der Waals surface area contributed by atoms with E-state index in [9.17, 15) is 9.90 Å². The van der Waals surface area contributed by atoms with Gasteiger partial charge in [0.1, 0.15) is 11.5 Å². The average Bonchev–Trinajstić information content (AvgIpc) is 3.05. The summed E-state index contributed by atoms with van der Waals surface area (Å²) in [7, 11) is 3.20. The zero-order valence-electron chi connectivity index (χ0n) is 14.5. The molecule has 1 N–H and O–H groups in total. The maximum atomic E-state index is 11.9. The third-order valence-electron chi connectivity index (χ3n) is 4.80. The van der Waals surface area contributed by atoms with E-state index in [0.29, 0.717) is 24.6 Å². The number of nitrogens with zero attached hydrogens (tertiary/aromatic N) is 1. The van der Waals surface area contributed by atoms with Gasteiger partial charge in [-0.05, 0) is 17.7 Å². The lowest BCUT2D eigenvalue weighted by molar-refractivity contribution is -0.141. The van der Waals surface area contributed by atoms with Gasteiger partial charge in [-0.15, -0.1) is 0 Å². The van der Waals surface area contributed by atoms with Crippen molar-refractivity contribution >= 4 is 5.97 Å². The molecule has 1 heterocycles. The standard InChI is InChI=1S/C20H23NO4/c1-24-17-9-6-10-18(25-2)19(17)15-12-21(13-16(15)20(22)23)11-14-7-4-3-5-8-14/h3-10,15-16H,11-13H2,1-2H3,(H,22,23)/t15-,16+/m1/s1. The van der Waals surface area contributed by atoms with Crippen molar-refractivity contribution in [1.82, 2.24) is 4.90 Å². The molecule has 132 valence electrons. The van der Waals surface area contributed by atoms with Crippen LogP contribution in [0.3, 0.4) is 0 Å². The highest BCUT2D eigenvalue weighted by Crippen LogP contribution is 2.43. The van der Waals surface area contributed by atoms with E-state index in [2.05, 4.69) is 17.0 Å². The van der Waals surface area contributed by atoms with E-state index >= 15 is 0 Å². The first-order chi connectivity index (χ1) is 12.1. The molecule has 0 radical (unpaired) electrons. The lowest BCUT2D eigenvalue weighted by Gasteiger charge is -2.21. The summed E-state index contributed by atoms with van der Waals surface area (Å²) in [5.41, 5.74) is 2.02. The molecule has 5 nitrogen and oxygen atoms in total. The van der Waals surface area contributed by atoms with Crippen LogP contribution in [0.5, 0.6) is 11.5 Å². The van der Waals surface area contributed by atoms with Gasteiger partial charge in [0.25, 0.3) is 0 Å². The summed E-state index contributed by atoms with van der Waals surface area (Å²) in [4.78, 5) is 14.1. The largest absolute Gasteiger partial charge is 0.496 e. The molecular formula is C20H23NO4. The van der Waals surface area contributed by atoms with Crippen molar-refractivity contribution in [2.75, 3.05) is 27.3 Å². The predicted octanol–water partition coefficient (Wildman–Crippen LogP) is 3.00. The SMILES string of the molecule is COc1cccc(OC)c1[C@@H]1CN(Cc2ccccc2)C[C@@H]1C(=O)O. The van der Waals surface area contributed by atoms with Crippen molar-refractivity contribution in [3.63, 3.8) is 0 Å². The number of methoxy groups -OCH3 is 2. The molecule has 0 saturated carbocycles. The average molecular weight is 341 g/mol. The third-order valence-corrected chi connectivity index (χ3v) is 4.80. The van der Waals surface area contributed by atoms with Crippen molar-refractivity contribution in [3.05, 3.63) is 59.7 Å². The van der Waals surface area contributed by atoms with Gasteiger partial charge < -0.3 is 14.6 Å². The van der Waals surface area contributed by atoms with E-state index in [0.717, 1.165) is 12.1 Å².